The van der Waals surface area contributed by atoms with Crippen molar-refractivity contribution in [2.24, 2.45) is 0 Å². The molecule has 4 heteroatoms. The summed E-state index contributed by atoms with van der Waals surface area (Å²) in [6.07, 6.45) is 0. The van der Waals surface area contributed by atoms with Crippen molar-refractivity contribution in [2.75, 3.05) is 7.11 Å². The van der Waals surface area contributed by atoms with E-state index >= 15 is 0 Å². The van der Waals surface area contributed by atoms with Crippen LogP contribution in [0.4, 0.5) is 0 Å². The fraction of sp³-hybridized carbons (Fsp3) is 0.200. The zero-order chi connectivity index (χ0) is 10.1. The van der Waals surface area contributed by atoms with E-state index in [1.807, 2.05) is 19.1 Å². The van der Waals surface area contributed by atoms with Crippen LogP contribution in [0, 0.1) is 6.92 Å². The number of thiazole rings is 1. The van der Waals surface area contributed by atoms with Gasteiger partial charge in [0.2, 0.25) is 0 Å². The van der Waals surface area contributed by atoms with Crippen LogP contribution in [0.3, 0.4) is 0 Å². The predicted octanol–water partition coefficient (Wildman–Crippen LogP) is 2.39. The highest BCUT2D eigenvalue weighted by molar-refractivity contribution is 7.18. The molecule has 2 aromatic rings. The Bertz CT molecular complexity index is 490. The van der Waals surface area contributed by atoms with Crippen molar-refractivity contribution >= 4 is 27.5 Å². The summed E-state index contributed by atoms with van der Waals surface area (Å²) >= 11 is 1.51. The number of rotatable bonds is 1. The van der Waals surface area contributed by atoms with E-state index in [0.717, 1.165) is 15.2 Å². The Hall–Kier alpha value is -1.42. The van der Waals surface area contributed by atoms with Gasteiger partial charge < -0.3 is 4.74 Å². The van der Waals surface area contributed by atoms with Crippen LogP contribution in [-0.4, -0.2) is 18.1 Å². The van der Waals surface area contributed by atoms with E-state index in [1.54, 1.807) is 6.07 Å². The van der Waals surface area contributed by atoms with Crippen molar-refractivity contribution < 1.29 is 9.53 Å². The lowest BCUT2D eigenvalue weighted by Gasteiger charge is -1.98. The fourth-order valence-electron chi connectivity index (χ4n) is 1.33. The first-order chi connectivity index (χ1) is 6.72. The van der Waals surface area contributed by atoms with Crippen LogP contribution in [0.5, 0.6) is 0 Å². The number of fused-ring (bicyclic) bond motifs is 1. The predicted molar refractivity (Wildman–Crippen MR) is 55.7 cm³/mol. The summed E-state index contributed by atoms with van der Waals surface area (Å²) in [4.78, 5) is 15.7. The first kappa shape index (κ1) is 9.15. The lowest BCUT2D eigenvalue weighted by Crippen LogP contribution is -2.00. The minimum atomic E-state index is -0.306. The zero-order valence-corrected chi connectivity index (χ0v) is 8.72. The first-order valence-electron chi connectivity index (χ1n) is 4.17. The third-order valence-corrected chi connectivity index (χ3v) is 2.95. The van der Waals surface area contributed by atoms with Crippen LogP contribution in [0.15, 0.2) is 18.2 Å². The second kappa shape index (κ2) is 3.38. The van der Waals surface area contributed by atoms with Gasteiger partial charge in [0, 0.05) is 0 Å². The Morgan fingerprint density at radius 2 is 2.29 bits per heavy atom. The van der Waals surface area contributed by atoms with E-state index in [4.69, 9.17) is 4.74 Å². The van der Waals surface area contributed by atoms with E-state index in [1.165, 1.54) is 18.4 Å². The number of benzene rings is 1. The highest BCUT2D eigenvalue weighted by Crippen LogP contribution is 2.25. The molecule has 72 valence electrons. The molecule has 0 saturated heterocycles. The van der Waals surface area contributed by atoms with Crippen molar-refractivity contribution in [2.45, 2.75) is 6.92 Å². The van der Waals surface area contributed by atoms with Gasteiger partial charge in [-0.05, 0) is 19.1 Å². The van der Waals surface area contributed by atoms with Crippen LogP contribution >= 0.6 is 11.3 Å². The van der Waals surface area contributed by atoms with Crippen LogP contribution in [0.1, 0.15) is 15.4 Å². The van der Waals surface area contributed by atoms with Gasteiger partial charge in [0.05, 0.1) is 27.9 Å². The molecular weight excluding hydrogens is 198 g/mol. The van der Waals surface area contributed by atoms with Gasteiger partial charge in [-0.15, -0.1) is 11.3 Å². The molecule has 0 amide bonds. The molecule has 0 atom stereocenters. The number of nitrogens with zero attached hydrogens (tertiary/aromatic N) is 1. The molecule has 0 unspecified atom stereocenters. The maximum Gasteiger partial charge on any atom is 0.339 e. The number of esters is 1. The quantitative estimate of drug-likeness (QED) is 0.674. The summed E-state index contributed by atoms with van der Waals surface area (Å²) in [5.74, 6) is -0.306. The van der Waals surface area contributed by atoms with E-state index in [2.05, 4.69) is 4.98 Å². The van der Waals surface area contributed by atoms with Crippen molar-refractivity contribution in [3.63, 3.8) is 0 Å². The average molecular weight is 207 g/mol. The molecule has 0 radical (unpaired) electrons. The SMILES string of the molecule is COC(=O)c1cccc2nc(C)sc12. The summed E-state index contributed by atoms with van der Waals surface area (Å²) in [6.45, 7) is 1.92. The van der Waals surface area contributed by atoms with Gasteiger partial charge in [0.25, 0.3) is 0 Å². The van der Waals surface area contributed by atoms with E-state index in [9.17, 15) is 4.79 Å². The number of hydrogen-bond acceptors (Lipinski definition) is 4. The molecule has 1 aromatic heterocycles. The maximum absolute atomic E-state index is 11.4. The highest BCUT2D eigenvalue weighted by Gasteiger charge is 2.12. The Kier molecular flexibility index (Phi) is 2.21. The third-order valence-electron chi connectivity index (χ3n) is 1.93. The number of hydrogen-bond donors (Lipinski definition) is 0. The maximum atomic E-state index is 11.4. The van der Waals surface area contributed by atoms with Crippen molar-refractivity contribution in [1.82, 2.24) is 4.98 Å². The van der Waals surface area contributed by atoms with Crippen LogP contribution in [0.25, 0.3) is 10.2 Å². The molecule has 0 aliphatic rings. The summed E-state index contributed by atoms with van der Waals surface area (Å²) in [6, 6.07) is 5.46. The lowest BCUT2D eigenvalue weighted by molar-refractivity contribution is 0.0603. The number of aryl methyl sites for hydroxylation is 1. The molecule has 0 bridgehead atoms. The molecule has 0 aliphatic heterocycles. The molecule has 3 nitrogen and oxygen atoms in total. The normalized spacial score (nSPS) is 10.4. The average Bonchev–Trinajstić information content (AvgIpc) is 2.56. The molecular formula is C10H9NO2S. The summed E-state index contributed by atoms with van der Waals surface area (Å²) < 4.78 is 5.59. The monoisotopic (exact) mass is 207 g/mol. The zero-order valence-electron chi connectivity index (χ0n) is 7.90. The smallest absolute Gasteiger partial charge is 0.339 e. The minimum Gasteiger partial charge on any atom is -0.465 e. The van der Waals surface area contributed by atoms with Crippen LogP contribution < -0.4 is 0 Å². The van der Waals surface area contributed by atoms with Crippen molar-refractivity contribution in [1.29, 1.82) is 0 Å². The molecule has 0 N–H and O–H groups in total. The van der Waals surface area contributed by atoms with Gasteiger partial charge >= 0.3 is 5.97 Å². The lowest BCUT2D eigenvalue weighted by atomic mass is 10.2. The molecule has 1 aromatic carbocycles. The van der Waals surface area contributed by atoms with Crippen molar-refractivity contribution in [3.05, 3.63) is 28.8 Å². The topological polar surface area (TPSA) is 39.2 Å². The largest absolute Gasteiger partial charge is 0.465 e. The fourth-order valence-corrected chi connectivity index (χ4v) is 2.25. The van der Waals surface area contributed by atoms with E-state index in [-0.39, 0.29) is 5.97 Å². The van der Waals surface area contributed by atoms with Gasteiger partial charge in [-0.1, -0.05) is 6.07 Å². The molecule has 0 fully saturated rings. The van der Waals surface area contributed by atoms with Gasteiger partial charge in [0.15, 0.2) is 0 Å². The number of aromatic nitrogens is 1. The molecule has 0 aliphatic carbocycles. The van der Waals surface area contributed by atoms with Gasteiger partial charge in [-0.25, -0.2) is 9.78 Å². The molecule has 14 heavy (non-hydrogen) atoms. The van der Waals surface area contributed by atoms with E-state index < -0.39 is 0 Å². The molecule has 2 rings (SSSR count). The number of carbonyl (C=O) groups is 1. The highest BCUT2D eigenvalue weighted by atomic mass is 32.1. The second-order valence-corrected chi connectivity index (χ2v) is 4.08. The van der Waals surface area contributed by atoms with Gasteiger partial charge in [0.1, 0.15) is 0 Å². The van der Waals surface area contributed by atoms with Gasteiger partial charge in [-0.2, -0.15) is 0 Å². The Balaban J connectivity index is 2.70. The molecule has 0 spiro atoms. The number of methoxy groups -OCH3 is 1. The van der Waals surface area contributed by atoms with Crippen LogP contribution in [0.2, 0.25) is 0 Å². The Labute approximate surface area is 85.3 Å². The second-order valence-electron chi connectivity index (χ2n) is 2.88. The first-order valence-corrected chi connectivity index (χ1v) is 4.98. The molecule has 1 heterocycles. The van der Waals surface area contributed by atoms with E-state index in [0.29, 0.717) is 5.56 Å². The Morgan fingerprint density at radius 1 is 1.50 bits per heavy atom. The van der Waals surface area contributed by atoms with Crippen LogP contribution in [-0.2, 0) is 4.74 Å². The third kappa shape index (κ3) is 1.37. The minimum absolute atomic E-state index is 0.306. The number of ether oxygens (including phenoxy) is 1. The molecule has 0 saturated carbocycles. The Morgan fingerprint density at radius 3 is 3.00 bits per heavy atom. The summed E-state index contributed by atoms with van der Waals surface area (Å²) in [5, 5.41) is 0.955. The van der Waals surface area contributed by atoms with Crippen molar-refractivity contribution in [3.8, 4) is 0 Å². The number of carbonyl (C=O) groups excluding carboxylic acids is 1. The standard InChI is InChI=1S/C10H9NO2S/c1-6-11-8-5-3-4-7(9(8)14-6)10(12)13-2/h3-5H,1-2H3. The van der Waals surface area contributed by atoms with Gasteiger partial charge in [-0.3, -0.25) is 0 Å². The summed E-state index contributed by atoms with van der Waals surface area (Å²) in [5.41, 5.74) is 1.45. The summed E-state index contributed by atoms with van der Waals surface area (Å²) in [7, 11) is 1.38.